The first kappa shape index (κ1) is 15.4. The Bertz CT molecular complexity index is 795. The van der Waals surface area contributed by atoms with Crippen LogP contribution in [0.25, 0.3) is 0 Å². The molecule has 112 valence electrons. The van der Waals surface area contributed by atoms with Gasteiger partial charge in [-0.3, -0.25) is 0 Å². The van der Waals surface area contributed by atoms with Crippen LogP contribution in [0.2, 0.25) is 0 Å². The van der Waals surface area contributed by atoms with E-state index in [0.717, 1.165) is 16.7 Å². The van der Waals surface area contributed by atoms with E-state index < -0.39 is 9.84 Å². The van der Waals surface area contributed by atoms with Crippen molar-refractivity contribution >= 4 is 21.2 Å². The quantitative estimate of drug-likeness (QED) is 0.835. The number of anilines is 2. The normalized spacial score (nSPS) is 11.6. The standard InChI is InChI=1S/C16H20N2O2S/c1-9-10(2)15(18)12(4)16(11(9)3)21(19,20)14-7-5-6-13(17)8-14/h5-8H,17-18H2,1-4H3. The summed E-state index contributed by atoms with van der Waals surface area (Å²) in [6, 6.07) is 6.32. The molecule has 2 aromatic rings. The Kier molecular flexibility index (Phi) is 3.72. The van der Waals surface area contributed by atoms with Crippen LogP contribution < -0.4 is 11.5 Å². The zero-order valence-corrected chi connectivity index (χ0v) is 13.5. The second-order valence-corrected chi connectivity index (χ2v) is 7.21. The number of nitrogens with two attached hydrogens (primary N) is 2. The molecule has 0 spiro atoms. The Balaban J connectivity index is 2.84. The zero-order valence-electron chi connectivity index (χ0n) is 12.7. The zero-order chi connectivity index (χ0) is 15.9. The van der Waals surface area contributed by atoms with Crippen molar-refractivity contribution in [2.75, 3.05) is 11.5 Å². The van der Waals surface area contributed by atoms with Gasteiger partial charge in [0.25, 0.3) is 0 Å². The fourth-order valence-electron chi connectivity index (χ4n) is 2.54. The Morgan fingerprint density at radius 3 is 2.05 bits per heavy atom. The van der Waals surface area contributed by atoms with Gasteiger partial charge in [0, 0.05) is 11.4 Å². The molecule has 0 aliphatic rings. The van der Waals surface area contributed by atoms with Gasteiger partial charge in [0.05, 0.1) is 9.79 Å². The van der Waals surface area contributed by atoms with Crippen LogP contribution >= 0.6 is 0 Å². The smallest absolute Gasteiger partial charge is 0.207 e. The number of sulfone groups is 1. The summed E-state index contributed by atoms with van der Waals surface area (Å²) in [5, 5.41) is 0. The molecule has 0 amide bonds. The van der Waals surface area contributed by atoms with E-state index in [0.29, 0.717) is 16.9 Å². The van der Waals surface area contributed by atoms with Gasteiger partial charge < -0.3 is 11.5 Å². The number of benzene rings is 2. The SMILES string of the molecule is Cc1c(C)c(N)c(C)c(S(=O)(=O)c2cccc(N)c2)c1C. The summed E-state index contributed by atoms with van der Waals surface area (Å²) in [5.41, 5.74) is 15.9. The van der Waals surface area contributed by atoms with Crippen LogP contribution in [0, 0.1) is 27.7 Å². The lowest BCUT2D eigenvalue weighted by atomic mass is 9.99. The minimum Gasteiger partial charge on any atom is -0.399 e. The highest BCUT2D eigenvalue weighted by molar-refractivity contribution is 7.91. The van der Waals surface area contributed by atoms with Crippen LogP contribution in [0.3, 0.4) is 0 Å². The molecule has 0 heterocycles. The largest absolute Gasteiger partial charge is 0.399 e. The highest BCUT2D eigenvalue weighted by Crippen LogP contribution is 2.35. The van der Waals surface area contributed by atoms with Gasteiger partial charge in [-0.25, -0.2) is 8.42 Å². The molecule has 5 heteroatoms. The molecule has 0 radical (unpaired) electrons. The van der Waals surface area contributed by atoms with Gasteiger partial charge in [-0.1, -0.05) is 6.07 Å². The third kappa shape index (κ3) is 2.38. The molecular formula is C16H20N2O2S. The van der Waals surface area contributed by atoms with Crippen molar-refractivity contribution in [1.82, 2.24) is 0 Å². The number of hydrogen-bond donors (Lipinski definition) is 2. The summed E-state index contributed by atoms with van der Waals surface area (Å²) in [6.07, 6.45) is 0. The minimum atomic E-state index is -3.64. The fraction of sp³-hybridized carbons (Fsp3) is 0.250. The summed E-state index contributed by atoms with van der Waals surface area (Å²) >= 11 is 0. The lowest BCUT2D eigenvalue weighted by molar-refractivity contribution is 0.594. The van der Waals surface area contributed by atoms with Crippen LogP contribution in [-0.4, -0.2) is 8.42 Å². The molecule has 0 aliphatic heterocycles. The first-order chi connectivity index (χ1) is 9.67. The molecular weight excluding hydrogens is 284 g/mol. The Hall–Kier alpha value is -2.01. The van der Waals surface area contributed by atoms with E-state index in [1.807, 2.05) is 20.8 Å². The molecule has 0 aliphatic carbocycles. The molecule has 0 unspecified atom stereocenters. The second-order valence-electron chi connectivity index (χ2n) is 5.32. The lowest BCUT2D eigenvalue weighted by Crippen LogP contribution is -2.11. The summed E-state index contributed by atoms with van der Waals surface area (Å²) in [7, 11) is -3.64. The van der Waals surface area contributed by atoms with E-state index in [4.69, 9.17) is 11.5 Å². The third-order valence-electron chi connectivity index (χ3n) is 4.05. The van der Waals surface area contributed by atoms with Gasteiger partial charge >= 0.3 is 0 Å². The summed E-state index contributed by atoms with van der Waals surface area (Å²) in [4.78, 5) is 0.477. The maximum Gasteiger partial charge on any atom is 0.207 e. The van der Waals surface area contributed by atoms with E-state index in [9.17, 15) is 8.42 Å². The third-order valence-corrected chi connectivity index (χ3v) is 6.08. The predicted octanol–water partition coefficient (Wildman–Crippen LogP) is 2.92. The van der Waals surface area contributed by atoms with Crippen LogP contribution in [0.5, 0.6) is 0 Å². The van der Waals surface area contributed by atoms with E-state index in [1.165, 1.54) is 6.07 Å². The number of rotatable bonds is 2. The first-order valence-corrected chi connectivity index (χ1v) is 8.12. The maximum absolute atomic E-state index is 12.9. The fourth-order valence-corrected chi connectivity index (χ4v) is 4.39. The summed E-state index contributed by atoms with van der Waals surface area (Å²) in [5.74, 6) is 0. The molecule has 0 fully saturated rings. The Morgan fingerprint density at radius 1 is 0.857 bits per heavy atom. The van der Waals surface area contributed by atoms with E-state index in [2.05, 4.69) is 0 Å². The highest BCUT2D eigenvalue weighted by atomic mass is 32.2. The van der Waals surface area contributed by atoms with Crippen molar-refractivity contribution in [3.05, 3.63) is 46.5 Å². The van der Waals surface area contributed by atoms with E-state index >= 15 is 0 Å². The highest BCUT2D eigenvalue weighted by Gasteiger charge is 2.25. The molecule has 21 heavy (non-hydrogen) atoms. The molecule has 0 aromatic heterocycles. The monoisotopic (exact) mass is 304 g/mol. The van der Waals surface area contributed by atoms with Crippen molar-refractivity contribution in [2.24, 2.45) is 0 Å². The van der Waals surface area contributed by atoms with E-state index in [-0.39, 0.29) is 9.79 Å². The van der Waals surface area contributed by atoms with Crippen LogP contribution in [0.15, 0.2) is 34.1 Å². The summed E-state index contributed by atoms with van der Waals surface area (Å²) in [6.45, 7) is 7.35. The number of nitrogen functional groups attached to an aromatic ring is 2. The number of hydrogen-bond acceptors (Lipinski definition) is 4. The molecule has 2 aromatic carbocycles. The summed E-state index contributed by atoms with van der Waals surface area (Å²) < 4.78 is 25.9. The lowest BCUT2D eigenvalue weighted by Gasteiger charge is -2.18. The maximum atomic E-state index is 12.9. The van der Waals surface area contributed by atoms with Gasteiger partial charge in [-0.2, -0.15) is 0 Å². The van der Waals surface area contributed by atoms with Crippen LogP contribution in [0.1, 0.15) is 22.3 Å². The van der Waals surface area contributed by atoms with Gasteiger partial charge in [0.1, 0.15) is 0 Å². The molecule has 0 atom stereocenters. The van der Waals surface area contributed by atoms with Crippen molar-refractivity contribution in [1.29, 1.82) is 0 Å². The molecule has 4 N–H and O–H groups in total. The first-order valence-electron chi connectivity index (χ1n) is 6.64. The topological polar surface area (TPSA) is 86.2 Å². The van der Waals surface area contributed by atoms with Gasteiger partial charge in [0.15, 0.2) is 0 Å². The molecule has 4 nitrogen and oxygen atoms in total. The average molecular weight is 304 g/mol. The van der Waals surface area contributed by atoms with Gasteiger partial charge in [-0.05, 0) is 68.1 Å². The second kappa shape index (κ2) is 5.07. The molecule has 2 rings (SSSR count). The molecule has 0 saturated heterocycles. The van der Waals surface area contributed by atoms with Gasteiger partial charge in [-0.15, -0.1) is 0 Å². The van der Waals surface area contributed by atoms with Crippen molar-refractivity contribution in [2.45, 2.75) is 37.5 Å². The molecule has 0 saturated carbocycles. The van der Waals surface area contributed by atoms with Crippen molar-refractivity contribution in [3.63, 3.8) is 0 Å². The average Bonchev–Trinajstić information content (AvgIpc) is 2.43. The van der Waals surface area contributed by atoms with E-state index in [1.54, 1.807) is 25.1 Å². The van der Waals surface area contributed by atoms with Crippen molar-refractivity contribution in [3.8, 4) is 0 Å². The van der Waals surface area contributed by atoms with Crippen LogP contribution in [0.4, 0.5) is 11.4 Å². The minimum absolute atomic E-state index is 0.191. The molecule has 0 bridgehead atoms. The predicted molar refractivity (Wildman–Crippen MR) is 86.1 cm³/mol. The van der Waals surface area contributed by atoms with Crippen molar-refractivity contribution < 1.29 is 8.42 Å². The Labute approximate surface area is 125 Å². The van der Waals surface area contributed by atoms with Crippen LogP contribution in [-0.2, 0) is 9.84 Å². The van der Waals surface area contributed by atoms with Gasteiger partial charge in [0.2, 0.25) is 9.84 Å². The Morgan fingerprint density at radius 2 is 1.48 bits per heavy atom.